The smallest absolute Gasteiger partial charge is 0.0431 e. The van der Waals surface area contributed by atoms with Gasteiger partial charge in [0, 0.05) is 6.61 Å². The SMILES string of the molecule is CCCC(CCCCO)CC(C)(C)C. The molecule has 0 heterocycles. The van der Waals surface area contributed by atoms with E-state index in [0.717, 1.165) is 12.3 Å². The maximum atomic E-state index is 8.74. The van der Waals surface area contributed by atoms with Crippen LogP contribution < -0.4 is 0 Å². The van der Waals surface area contributed by atoms with Crippen molar-refractivity contribution in [3.05, 3.63) is 0 Å². The average Bonchev–Trinajstić information content (AvgIpc) is 2.02. The second-order valence-corrected chi connectivity index (χ2v) is 5.64. The van der Waals surface area contributed by atoms with E-state index in [4.69, 9.17) is 5.11 Å². The van der Waals surface area contributed by atoms with Crippen LogP contribution >= 0.6 is 0 Å². The summed E-state index contributed by atoms with van der Waals surface area (Å²) >= 11 is 0. The second kappa shape index (κ2) is 7.28. The molecule has 0 aromatic rings. The van der Waals surface area contributed by atoms with E-state index in [1.54, 1.807) is 0 Å². The maximum absolute atomic E-state index is 8.74. The molecule has 0 saturated carbocycles. The molecule has 0 aliphatic rings. The largest absolute Gasteiger partial charge is 0.396 e. The molecule has 86 valence electrons. The summed E-state index contributed by atoms with van der Waals surface area (Å²) in [6, 6.07) is 0. The summed E-state index contributed by atoms with van der Waals surface area (Å²) < 4.78 is 0. The Kier molecular flexibility index (Phi) is 7.26. The first-order valence-electron chi connectivity index (χ1n) is 6.10. The van der Waals surface area contributed by atoms with Crippen molar-refractivity contribution in [2.24, 2.45) is 11.3 Å². The third kappa shape index (κ3) is 8.55. The Hall–Kier alpha value is -0.0400. The topological polar surface area (TPSA) is 20.2 Å². The Morgan fingerprint density at radius 2 is 1.71 bits per heavy atom. The predicted octanol–water partition coefficient (Wildman–Crippen LogP) is 4.00. The van der Waals surface area contributed by atoms with Gasteiger partial charge >= 0.3 is 0 Å². The molecule has 1 heteroatoms. The van der Waals surface area contributed by atoms with Crippen LogP contribution in [0.15, 0.2) is 0 Å². The van der Waals surface area contributed by atoms with Gasteiger partial charge in [-0.1, -0.05) is 53.4 Å². The predicted molar refractivity (Wildman–Crippen MR) is 63.4 cm³/mol. The number of hydrogen-bond donors (Lipinski definition) is 1. The van der Waals surface area contributed by atoms with Gasteiger partial charge in [-0.25, -0.2) is 0 Å². The number of aliphatic hydroxyl groups excluding tert-OH is 1. The molecule has 0 saturated heterocycles. The first-order chi connectivity index (χ1) is 6.49. The highest BCUT2D eigenvalue weighted by molar-refractivity contribution is 4.69. The van der Waals surface area contributed by atoms with E-state index in [1.165, 1.54) is 32.1 Å². The van der Waals surface area contributed by atoms with Crippen molar-refractivity contribution < 1.29 is 5.11 Å². The fourth-order valence-electron chi connectivity index (χ4n) is 2.17. The van der Waals surface area contributed by atoms with Crippen molar-refractivity contribution in [1.29, 1.82) is 0 Å². The highest BCUT2D eigenvalue weighted by atomic mass is 16.2. The fraction of sp³-hybridized carbons (Fsp3) is 1.00. The zero-order valence-electron chi connectivity index (χ0n) is 10.5. The third-order valence-electron chi connectivity index (χ3n) is 2.62. The van der Waals surface area contributed by atoms with Crippen LogP contribution in [0.3, 0.4) is 0 Å². The Bertz CT molecular complexity index is 124. The van der Waals surface area contributed by atoms with Gasteiger partial charge in [-0.15, -0.1) is 0 Å². The highest BCUT2D eigenvalue weighted by Gasteiger charge is 2.17. The van der Waals surface area contributed by atoms with Crippen LogP contribution in [0.5, 0.6) is 0 Å². The molecular weight excluding hydrogens is 172 g/mol. The van der Waals surface area contributed by atoms with E-state index < -0.39 is 0 Å². The molecule has 0 rings (SSSR count). The standard InChI is InChI=1S/C13H28O/c1-5-8-12(9-6-7-10-14)11-13(2,3)4/h12,14H,5-11H2,1-4H3. The minimum absolute atomic E-state index is 0.356. The normalized spacial score (nSPS) is 14.4. The van der Waals surface area contributed by atoms with E-state index in [9.17, 15) is 0 Å². The summed E-state index contributed by atoms with van der Waals surface area (Å²) in [6.07, 6.45) is 7.43. The monoisotopic (exact) mass is 200 g/mol. The molecule has 1 atom stereocenters. The van der Waals surface area contributed by atoms with Gasteiger partial charge in [0.25, 0.3) is 0 Å². The number of hydrogen-bond acceptors (Lipinski definition) is 1. The first kappa shape index (κ1) is 14.0. The molecule has 0 radical (unpaired) electrons. The van der Waals surface area contributed by atoms with Gasteiger partial charge in [0.15, 0.2) is 0 Å². The highest BCUT2D eigenvalue weighted by Crippen LogP contribution is 2.30. The maximum Gasteiger partial charge on any atom is 0.0431 e. The van der Waals surface area contributed by atoms with E-state index in [1.807, 2.05) is 0 Å². The molecular formula is C13H28O. The van der Waals surface area contributed by atoms with Crippen molar-refractivity contribution in [3.63, 3.8) is 0 Å². The van der Waals surface area contributed by atoms with Gasteiger partial charge in [0.1, 0.15) is 0 Å². The average molecular weight is 200 g/mol. The molecule has 0 spiro atoms. The van der Waals surface area contributed by atoms with Gasteiger partial charge in [-0.05, 0) is 24.2 Å². The molecule has 0 bridgehead atoms. The zero-order valence-corrected chi connectivity index (χ0v) is 10.5. The van der Waals surface area contributed by atoms with Crippen LogP contribution in [0.2, 0.25) is 0 Å². The Labute approximate surface area is 89.9 Å². The van der Waals surface area contributed by atoms with Crippen molar-refractivity contribution >= 4 is 0 Å². The van der Waals surface area contributed by atoms with Gasteiger partial charge in [0.2, 0.25) is 0 Å². The van der Waals surface area contributed by atoms with Gasteiger partial charge in [0.05, 0.1) is 0 Å². The van der Waals surface area contributed by atoms with Crippen molar-refractivity contribution in [1.82, 2.24) is 0 Å². The minimum Gasteiger partial charge on any atom is -0.396 e. The molecule has 0 aliphatic carbocycles. The van der Waals surface area contributed by atoms with E-state index in [-0.39, 0.29) is 0 Å². The minimum atomic E-state index is 0.356. The van der Waals surface area contributed by atoms with Crippen LogP contribution in [0.4, 0.5) is 0 Å². The zero-order chi connectivity index (χ0) is 11.0. The molecule has 1 unspecified atom stereocenters. The first-order valence-corrected chi connectivity index (χ1v) is 6.10. The number of unbranched alkanes of at least 4 members (excludes halogenated alkanes) is 1. The lowest BCUT2D eigenvalue weighted by Crippen LogP contribution is -2.13. The molecule has 0 aliphatic heterocycles. The quantitative estimate of drug-likeness (QED) is 0.616. The summed E-state index contributed by atoms with van der Waals surface area (Å²) in [6.45, 7) is 9.58. The molecule has 1 N–H and O–H groups in total. The Morgan fingerprint density at radius 3 is 2.14 bits per heavy atom. The summed E-state index contributed by atoms with van der Waals surface area (Å²) in [5, 5.41) is 8.74. The molecule has 1 nitrogen and oxygen atoms in total. The van der Waals surface area contributed by atoms with Crippen molar-refractivity contribution in [2.75, 3.05) is 6.61 Å². The summed E-state index contributed by atoms with van der Waals surface area (Å²) in [7, 11) is 0. The van der Waals surface area contributed by atoms with Gasteiger partial charge in [-0.3, -0.25) is 0 Å². The van der Waals surface area contributed by atoms with Crippen molar-refractivity contribution in [3.8, 4) is 0 Å². The van der Waals surface area contributed by atoms with Crippen LogP contribution in [0.25, 0.3) is 0 Å². The molecule has 0 amide bonds. The Balaban J connectivity index is 3.77. The molecule has 0 fully saturated rings. The van der Waals surface area contributed by atoms with Crippen LogP contribution in [0, 0.1) is 11.3 Å². The number of rotatable bonds is 7. The summed E-state index contributed by atoms with van der Waals surface area (Å²) in [4.78, 5) is 0. The van der Waals surface area contributed by atoms with Gasteiger partial charge < -0.3 is 5.11 Å². The van der Waals surface area contributed by atoms with E-state index in [2.05, 4.69) is 27.7 Å². The lowest BCUT2D eigenvalue weighted by molar-refractivity contribution is 0.246. The van der Waals surface area contributed by atoms with E-state index in [0.29, 0.717) is 12.0 Å². The lowest BCUT2D eigenvalue weighted by Gasteiger charge is -2.25. The van der Waals surface area contributed by atoms with Crippen LogP contribution in [0.1, 0.15) is 66.2 Å². The second-order valence-electron chi connectivity index (χ2n) is 5.64. The Morgan fingerprint density at radius 1 is 1.07 bits per heavy atom. The number of aliphatic hydroxyl groups is 1. The third-order valence-corrected chi connectivity index (χ3v) is 2.62. The van der Waals surface area contributed by atoms with Gasteiger partial charge in [-0.2, -0.15) is 0 Å². The molecule has 0 aromatic heterocycles. The summed E-state index contributed by atoms with van der Waals surface area (Å²) in [5.74, 6) is 0.867. The van der Waals surface area contributed by atoms with Crippen LogP contribution in [-0.4, -0.2) is 11.7 Å². The van der Waals surface area contributed by atoms with Crippen molar-refractivity contribution in [2.45, 2.75) is 66.2 Å². The van der Waals surface area contributed by atoms with E-state index >= 15 is 0 Å². The molecule has 0 aromatic carbocycles. The fourth-order valence-corrected chi connectivity index (χ4v) is 2.17. The van der Waals surface area contributed by atoms with Crippen LogP contribution in [-0.2, 0) is 0 Å². The lowest BCUT2D eigenvalue weighted by atomic mass is 9.80. The summed E-state index contributed by atoms with van der Waals surface area (Å²) in [5.41, 5.74) is 0.457. The molecule has 14 heavy (non-hydrogen) atoms.